The van der Waals surface area contributed by atoms with Gasteiger partial charge >= 0.3 is 0 Å². The Hall–Kier alpha value is -9.25. The molecule has 2 aliphatic carbocycles. The van der Waals surface area contributed by atoms with E-state index in [0.717, 1.165) is 68.0 Å². The standard InChI is InChI=1S/C88H82B2N2O2/c1-53(2)57-17-25-63(26-18-57)65-33-41-73(42-34-65)91-79-45-37-69(67-29-21-59(22-30-67)55(5)6)49-75(79)89-77-51-71(61-13-9-10-14-61)40-48-82(77)94-88-83(89)85(91)87-84-86(88)92(74-43-35-66(36-44-74)64-27-19-58(20-28-64)54(3)4)80-46-38-70(68-31-23-60(24-32-68)56(7)8)50-76(80)90(84)78-52-72(39-47-81(78)93-87)62-15-11-12-16-62/h17-56,61-62H,9-16H2,1-8H3. The van der Waals surface area contributed by atoms with Gasteiger partial charge in [0.2, 0.25) is 0 Å². The van der Waals surface area contributed by atoms with Crippen LogP contribution in [0.15, 0.2) is 218 Å². The molecule has 94 heavy (non-hydrogen) atoms. The first kappa shape index (κ1) is 58.6. The second-order valence-electron chi connectivity index (χ2n) is 29.2. The Kier molecular flexibility index (Phi) is 14.5. The van der Waals surface area contributed by atoms with Gasteiger partial charge in [0.15, 0.2) is 0 Å². The fourth-order valence-corrected chi connectivity index (χ4v) is 16.8. The maximum Gasteiger partial charge on any atom is 0.256 e. The molecule has 17 rings (SSSR count). The molecule has 2 fully saturated rings. The first-order valence-corrected chi connectivity index (χ1v) is 35.3. The fraction of sp³-hybridized carbons (Fsp3) is 0.250. The zero-order valence-corrected chi connectivity index (χ0v) is 55.8. The zero-order chi connectivity index (χ0) is 63.6. The van der Waals surface area contributed by atoms with Crippen LogP contribution in [-0.2, 0) is 0 Å². The molecule has 0 aromatic heterocycles. The minimum atomic E-state index is -0.208. The third-order valence-electron chi connectivity index (χ3n) is 22.3. The number of anilines is 6. The van der Waals surface area contributed by atoms with Gasteiger partial charge in [-0.05, 0) is 209 Å². The third kappa shape index (κ3) is 9.87. The van der Waals surface area contributed by atoms with Crippen LogP contribution in [0.2, 0.25) is 0 Å². The van der Waals surface area contributed by atoms with Gasteiger partial charge in [-0.1, -0.05) is 251 Å². The molecule has 11 aromatic rings. The summed E-state index contributed by atoms with van der Waals surface area (Å²) in [4.78, 5) is 5.13. The van der Waals surface area contributed by atoms with Gasteiger partial charge in [-0.25, -0.2) is 0 Å². The fourth-order valence-electron chi connectivity index (χ4n) is 16.8. The lowest BCUT2D eigenvalue weighted by molar-refractivity contribution is 0.477. The summed E-state index contributed by atoms with van der Waals surface area (Å²) in [7, 11) is 0. The second kappa shape index (κ2) is 23.3. The molecule has 0 saturated heterocycles. The Morgan fingerprint density at radius 2 is 0.596 bits per heavy atom. The monoisotopic (exact) mass is 1220 g/mol. The lowest BCUT2D eigenvalue weighted by atomic mass is 9.31. The molecule has 6 heteroatoms. The quantitative estimate of drug-likeness (QED) is 0.114. The number of nitrogens with zero attached hydrogens (tertiary/aromatic N) is 2. The second-order valence-corrected chi connectivity index (χ2v) is 29.2. The van der Waals surface area contributed by atoms with E-state index in [9.17, 15) is 0 Å². The Bertz CT molecular complexity index is 4420. The van der Waals surface area contributed by atoms with Crippen molar-refractivity contribution < 1.29 is 9.47 Å². The molecule has 0 bridgehead atoms. The highest BCUT2D eigenvalue weighted by Crippen LogP contribution is 2.55. The molecule has 462 valence electrons. The maximum absolute atomic E-state index is 8.05. The Labute approximate surface area is 557 Å². The SMILES string of the molecule is CC(C)c1ccc(-c2ccc(N3c4ccc(-c5ccc(C(C)C)cc5)cc4B4c5cc(C6CCCC6)ccc5Oc5c4c3c3c4c5N(c5ccc(-c6ccc(C(C)C)cc6)cc5)c5ccc(-c6ccc(C(C)C)cc6)cc5B4c4cc(C5CCCC5)ccc4O3)cc2)cc1. The zero-order valence-electron chi connectivity index (χ0n) is 55.8. The van der Waals surface area contributed by atoms with Gasteiger partial charge in [-0.2, -0.15) is 0 Å². The van der Waals surface area contributed by atoms with Crippen LogP contribution in [0.25, 0.3) is 44.5 Å². The van der Waals surface area contributed by atoms with E-state index in [1.807, 2.05) is 0 Å². The molecule has 0 radical (unpaired) electrons. The summed E-state index contributed by atoms with van der Waals surface area (Å²) >= 11 is 0. The van der Waals surface area contributed by atoms with Gasteiger partial charge < -0.3 is 19.3 Å². The smallest absolute Gasteiger partial charge is 0.256 e. The van der Waals surface area contributed by atoms with Crippen molar-refractivity contribution in [1.29, 1.82) is 0 Å². The first-order chi connectivity index (χ1) is 45.9. The van der Waals surface area contributed by atoms with Crippen LogP contribution in [0.3, 0.4) is 0 Å². The van der Waals surface area contributed by atoms with Crippen LogP contribution in [-0.4, -0.2) is 13.4 Å². The molecule has 0 atom stereocenters. The number of fused-ring (bicyclic) bond motifs is 10. The predicted molar refractivity (Wildman–Crippen MR) is 399 cm³/mol. The Morgan fingerprint density at radius 3 is 0.904 bits per heavy atom. The van der Waals surface area contributed by atoms with E-state index in [4.69, 9.17) is 9.47 Å². The van der Waals surface area contributed by atoms with E-state index in [1.165, 1.54) is 151 Å². The highest BCUT2D eigenvalue weighted by Gasteiger charge is 2.53. The first-order valence-electron chi connectivity index (χ1n) is 35.3. The molecule has 6 aliphatic rings. The molecule has 2 saturated carbocycles. The van der Waals surface area contributed by atoms with Gasteiger partial charge in [-0.3, -0.25) is 0 Å². The summed E-state index contributed by atoms with van der Waals surface area (Å²) in [6.07, 6.45) is 9.89. The van der Waals surface area contributed by atoms with Crippen LogP contribution < -0.4 is 52.1 Å². The highest BCUT2D eigenvalue weighted by atomic mass is 16.5. The minimum absolute atomic E-state index is 0.208. The van der Waals surface area contributed by atoms with Crippen molar-refractivity contribution in [3.63, 3.8) is 0 Å². The van der Waals surface area contributed by atoms with Gasteiger partial charge in [0.1, 0.15) is 23.0 Å². The van der Waals surface area contributed by atoms with Crippen molar-refractivity contribution in [1.82, 2.24) is 0 Å². The van der Waals surface area contributed by atoms with E-state index in [2.05, 4.69) is 284 Å². The molecule has 4 heterocycles. The molecule has 0 amide bonds. The van der Waals surface area contributed by atoms with Crippen LogP contribution in [0.4, 0.5) is 34.1 Å². The average molecular weight is 1220 g/mol. The molecular formula is C88H82B2N2O2. The van der Waals surface area contributed by atoms with Crippen molar-refractivity contribution in [3.8, 4) is 67.5 Å². The van der Waals surface area contributed by atoms with E-state index in [-0.39, 0.29) is 13.4 Å². The summed E-state index contributed by atoms with van der Waals surface area (Å²) in [5.41, 5.74) is 31.6. The van der Waals surface area contributed by atoms with Crippen molar-refractivity contribution in [2.75, 3.05) is 9.80 Å². The predicted octanol–water partition coefficient (Wildman–Crippen LogP) is 21.0. The van der Waals surface area contributed by atoms with E-state index in [0.29, 0.717) is 35.5 Å². The highest BCUT2D eigenvalue weighted by molar-refractivity contribution is 7.02. The van der Waals surface area contributed by atoms with Gasteiger partial charge in [-0.15, -0.1) is 0 Å². The molecule has 0 spiro atoms. The van der Waals surface area contributed by atoms with Crippen molar-refractivity contribution >= 4 is 80.3 Å². The van der Waals surface area contributed by atoms with Crippen molar-refractivity contribution in [3.05, 3.63) is 252 Å². The number of hydrogen-bond acceptors (Lipinski definition) is 4. The Morgan fingerprint density at radius 1 is 0.309 bits per heavy atom. The van der Waals surface area contributed by atoms with Crippen molar-refractivity contribution in [2.45, 2.75) is 142 Å². The summed E-state index contributed by atoms with van der Waals surface area (Å²) in [5, 5.41) is 0. The summed E-state index contributed by atoms with van der Waals surface area (Å²) in [6.45, 7) is 17.8. The lowest BCUT2D eigenvalue weighted by Gasteiger charge is -2.47. The van der Waals surface area contributed by atoms with E-state index in [1.54, 1.807) is 0 Å². The Balaban J connectivity index is 0.964. The average Bonchev–Trinajstić information content (AvgIpc) is 0.733. The molecular weight excluding hydrogens is 1140 g/mol. The largest absolute Gasteiger partial charge is 0.456 e. The molecule has 4 aliphatic heterocycles. The summed E-state index contributed by atoms with van der Waals surface area (Å²) in [6, 6.07) is 84.8. The van der Waals surface area contributed by atoms with Gasteiger partial charge in [0.05, 0.1) is 11.4 Å². The van der Waals surface area contributed by atoms with Crippen LogP contribution >= 0.6 is 0 Å². The van der Waals surface area contributed by atoms with Crippen LogP contribution in [0, 0.1) is 0 Å². The number of rotatable bonds is 12. The lowest BCUT2D eigenvalue weighted by Crippen LogP contribution is -2.64. The van der Waals surface area contributed by atoms with E-state index >= 15 is 0 Å². The summed E-state index contributed by atoms with van der Waals surface area (Å²) in [5.74, 6) is 6.43. The van der Waals surface area contributed by atoms with E-state index < -0.39 is 0 Å². The molecule has 4 nitrogen and oxygen atoms in total. The third-order valence-corrected chi connectivity index (χ3v) is 22.3. The van der Waals surface area contributed by atoms with Gasteiger partial charge in [0.25, 0.3) is 13.4 Å². The number of ether oxygens (including phenoxy) is 2. The number of hydrogen-bond donors (Lipinski definition) is 0. The maximum atomic E-state index is 8.05. The number of benzene rings is 11. The minimum Gasteiger partial charge on any atom is -0.456 e. The normalized spacial score (nSPS) is 15.3. The topological polar surface area (TPSA) is 24.9 Å². The van der Waals surface area contributed by atoms with Crippen molar-refractivity contribution in [2.24, 2.45) is 0 Å². The van der Waals surface area contributed by atoms with Crippen LogP contribution in [0.1, 0.15) is 176 Å². The van der Waals surface area contributed by atoms with Crippen LogP contribution in [0.5, 0.6) is 23.0 Å². The molecule has 11 aromatic carbocycles. The van der Waals surface area contributed by atoms with Gasteiger partial charge in [0, 0.05) is 33.7 Å². The summed E-state index contributed by atoms with van der Waals surface area (Å²) < 4.78 is 16.1. The molecule has 0 unspecified atom stereocenters. The molecule has 0 N–H and O–H groups in total.